The van der Waals surface area contributed by atoms with Gasteiger partial charge in [-0.15, -0.1) is 0 Å². The van der Waals surface area contributed by atoms with Gasteiger partial charge in [0.1, 0.15) is 5.75 Å². The summed E-state index contributed by atoms with van der Waals surface area (Å²) in [5, 5.41) is 3.58. The summed E-state index contributed by atoms with van der Waals surface area (Å²) < 4.78 is 5.66. The number of para-hydroxylation sites is 1. The fraction of sp³-hybridized carbons (Fsp3) is 0.200. The second kappa shape index (κ2) is 7.66. The molecular formula is C20H20N2O3. The van der Waals surface area contributed by atoms with E-state index >= 15 is 0 Å². The summed E-state index contributed by atoms with van der Waals surface area (Å²) in [7, 11) is 0. The maximum atomic E-state index is 12.4. The lowest BCUT2D eigenvalue weighted by molar-refractivity contribution is 0.0953. The van der Waals surface area contributed by atoms with E-state index in [1.54, 1.807) is 6.07 Å². The lowest BCUT2D eigenvalue weighted by Crippen LogP contribution is -2.27. The Morgan fingerprint density at radius 2 is 1.96 bits per heavy atom. The van der Waals surface area contributed by atoms with Gasteiger partial charge in [0.05, 0.1) is 12.2 Å². The molecule has 3 rings (SSSR count). The van der Waals surface area contributed by atoms with Crippen molar-refractivity contribution >= 4 is 16.8 Å². The molecule has 0 radical (unpaired) electrons. The second-order valence-electron chi connectivity index (χ2n) is 5.87. The molecule has 0 bridgehead atoms. The molecule has 2 aromatic carbocycles. The Morgan fingerprint density at radius 1 is 1.12 bits per heavy atom. The van der Waals surface area contributed by atoms with Crippen molar-refractivity contribution in [3.8, 4) is 5.75 Å². The molecule has 1 aromatic heterocycles. The molecule has 1 amide bonds. The minimum atomic E-state index is -0.286. The van der Waals surface area contributed by atoms with Gasteiger partial charge in [-0.2, -0.15) is 0 Å². The lowest BCUT2D eigenvalue weighted by atomic mass is 10.1. The molecule has 0 aliphatic carbocycles. The van der Waals surface area contributed by atoms with E-state index in [2.05, 4.69) is 10.3 Å². The molecule has 0 fully saturated rings. The van der Waals surface area contributed by atoms with Crippen LogP contribution in [0.5, 0.6) is 5.75 Å². The number of H-pyrrole nitrogens is 1. The molecule has 5 heteroatoms. The summed E-state index contributed by atoms with van der Waals surface area (Å²) in [6.07, 6.45) is 0.681. The van der Waals surface area contributed by atoms with Gasteiger partial charge in [0, 0.05) is 23.5 Å². The van der Waals surface area contributed by atoms with Gasteiger partial charge in [0.15, 0.2) is 0 Å². The number of aromatic nitrogens is 1. The standard InChI is InChI=1S/C20H20N2O3/c1-14-6-4-7-15(12-14)25-11-5-10-21-20(24)17-13-19(23)22-18-9-3-2-8-16(17)18/h2-4,6-9,12-13H,5,10-11H2,1H3,(H,21,24)(H,22,23). The highest BCUT2D eigenvalue weighted by Crippen LogP contribution is 2.14. The minimum Gasteiger partial charge on any atom is -0.494 e. The van der Waals surface area contributed by atoms with Crippen molar-refractivity contribution in [3.63, 3.8) is 0 Å². The van der Waals surface area contributed by atoms with Gasteiger partial charge >= 0.3 is 0 Å². The molecule has 0 saturated heterocycles. The molecule has 0 aliphatic heterocycles. The molecule has 5 nitrogen and oxygen atoms in total. The third-order valence-corrected chi connectivity index (χ3v) is 3.86. The van der Waals surface area contributed by atoms with Crippen LogP contribution in [0.15, 0.2) is 59.4 Å². The second-order valence-corrected chi connectivity index (χ2v) is 5.87. The van der Waals surface area contributed by atoms with Crippen molar-refractivity contribution in [2.45, 2.75) is 13.3 Å². The first-order valence-corrected chi connectivity index (χ1v) is 8.23. The van der Waals surface area contributed by atoms with Gasteiger partial charge in [-0.3, -0.25) is 9.59 Å². The number of hydrogen-bond donors (Lipinski definition) is 2. The van der Waals surface area contributed by atoms with E-state index in [0.717, 1.165) is 16.7 Å². The first-order valence-electron chi connectivity index (χ1n) is 8.23. The molecule has 2 N–H and O–H groups in total. The molecule has 0 saturated carbocycles. The van der Waals surface area contributed by atoms with Crippen molar-refractivity contribution in [1.82, 2.24) is 10.3 Å². The summed E-state index contributed by atoms with van der Waals surface area (Å²) >= 11 is 0. The van der Waals surface area contributed by atoms with Crippen LogP contribution in [0.1, 0.15) is 22.3 Å². The van der Waals surface area contributed by atoms with Crippen LogP contribution in [0.25, 0.3) is 10.9 Å². The third-order valence-electron chi connectivity index (χ3n) is 3.86. The van der Waals surface area contributed by atoms with Crippen molar-refractivity contribution in [1.29, 1.82) is 0 Å². The summed E-state index contributed by atoms with van der Waals surface area (Å²) in [5.41, 5.74) is 1.90. The zero-order valence-electron chi connectivity index (χ0n) is 14.0. The van der Waals surface area contributed by atoms with Crippen LogP contribution in [0.2, 0.25) is 0 Å². The van der Waals surface area contributed by atoms with Gasteiger partial charge in [-0.05, 0) is 37.1 Å². The van der Waals surface area contributed by atoms with Crippen LogP contribution in [0.3, 0.4) is 0 Å². The van der Waals surface area contributed by atoms with Gasteiger partial charge in [-0.1, -0.05) is 30.3 Å². The number of benzene rings is 2. The van der Waals surface area contributed by atoms with Crippen LogP contribution < -0.4 is 15.6 Å². The number of ether oxygens (including phenoxy) is 1. The molecule has 1 heterocycles. The molecule has 0 atom stereocenters. The Hall–Kier alpha value is -3.08. The minimum absolute atomic E-state index is 0.252. The number of amides is 1. The monoisotopic (exact) mass is 336 g/mol. The number of carbonyl (C=O) groups is 1. The van der Waals surface area contributed by atoms with Crippen molar-refractivity contribution in [2.75, 3.05) is 13.2 Å². The maximum Gasteiger partial charge on any atom is 0.252 e. The maximum absolute atomic E-state index is 12.4. The van der Waals surface area contributed by atoms with Gasteiger partial charge < -0.3 is 15.0 Å². The highest BCUT2D eigenvalue weighted by Gasteiger charge is 2.10. The molecule has 128 valence electrons. The molecule has 0 unspecified atom stereocenters. The van der Waals surface area contributed by atoms with Gasteiger partial charge in [0.2, 0.25) is 5.56 Å². The number of carbonyl (C=O) groups excluding carboxylic acids is 1. The van der Waals surface area contributed by atoms with Crippen LogP contribution in [0.4, 0.5) is 0 Å². The van der Waals surface area contributed by atoms with Crippen molar-refractivity contribution in [3.05, 3.63) is 76.1 Å². The van der Waals surface area contributed by atoms with Crippen LogP contribution in [-0.2, 0) is 0 Å². The molecule has 25 heavy (non-hydrogen) atoms. The smallest absolute Gasteiger partial charge is 0.252 e. The third kappa shape index (κ3) is 4.26. The van der Waals surface area contributed by atoms with E-state index in [4.69, 9.17) is 4.74 Å². The quantitative estimate of drug-likeness (QED) is 0.680. The van der Waals surface area contributed by atoms with Crippen LogP contribution >= 0.6 is 0 Å². The van der Waals surface area contributed by atoms with Crippen LogP contribution in [-0.4, -0.2) is 24.0 Å². The lowest BCUT2D eigenvalue weighted by Gasteiger charge is -2.09. The zero-order chi connectivity index (χ0) is 17.6. The summed E-state index contributed by atoms with van der Waals surface area (Å²) in [6, 6.07) is 16.4. The Labute approximate surface area is 145 Å². The normalized spacial score (nSPS) is 10.6. The van der Waals surface area contributed by atoms with Crippen molar-refractivity contribution in [2.24, 2.45) is 0 Å². The van der Waals surface area contributed by atoms with E-state index in [1.807, 2.05) is 49.4 Å². The van der Waals surface area contributed by atoms with E-state index in [-0.39, 0.29) is 11.5 Å². The number of hydrogen-bond acceptors (Lipinski definition) is 3. The first-order chi connectivity index (χ1) is 12.1. The fourth-order valence-corrected chi connectivity index (χ4v) is 2.66. The highest BCUT2D eigenvalue weighted by molar-refractivity contribution is 6.05. The number of fused-ring (bicyclic) bond motifs is 1. The predicted octanol–water partition coefficient (Wildman–Crippen LogP) is 3.04. The summed E-state index contributed by atoms with van der Waals surface area (Å²) in [5.74, 6) is 0.574. The highest BCUT2D eigenvalue weighted by atomic mass is 16.5. The number of aromatic amines is 1. The zero-order valence-corrected chi connectivity index (χ0v) is 14.0. The van der Waals surface area contributed by atoms with Gasteiger partial charge in [0.25, 0.3) is 5.91 Å². The molecule has 0 spiro atoms. The number of nitrogens with one attached hydrogen (secondary N) is 2. The summed E-state index contributed by atoms with van der Waals surface area (Å²) in [4.78, 5) is 26.8. The first kappa shape index (κ1) is 16.8. The number of pyridine rings is 1. The molecule has 3 aromatic rings. The Bertz CT molecular complexity index is 947. The SMILES string of the molecule is Cc1cccc(OCCCNC(=O)c2cc(=O)[nH]c3ccccc23)c1. The topological polar surface area (TPSA) is 71.2 Å². The Kier molecular flexibility index (Phi) is 5.14. The Balaban J connectivity index is 1.56. The summed E-state index contributed by atoms with van der Waals surface area (Å²) in [6.45, 7) is 3.00. The van der Waals surface area contributed by atoms with Crippen LogP contribution in [0, 0.1) is 6.92 Å². The van der Waals surface area contributed by atoms with E-state index in [0.29, 0.717) is 30.7 Å². The fourth-order valence-electron chi connectivity index (χ4n) is 2.66. The van der Waals surface area contributed by atoms with E-state index in [1.165, 1.54) is 6.07 Å². The molecular weight excluding hydrogens is 316 g/mol. The van der Waals surface area contributed by atoms with Gasteiger partial charge in [-0.25, -0.2) is 0 Å². The largest absolute Gasteiger partial charge is 0.494 e. The average molecular weight is 336 g/mol. The average Bonchev–Trinajstić information content (AvgIpc) is 2.60. The van der Waals surface area contributed by atoms with E-state index < -0.39 is 0 Å². The Morgan fingerprint density at radius 3 is 2.80 bits per heavy atom. The number of rotatable bonds is 6. The number of aryl methyl sites for hydroxylation is 1. The molecule has 0 aliphatic rings. The van der Waals surface area contributed by atoms with Crippen molar-refractivity contribution < 1.29 is 9.53 Å². The predicted molar refractivity (Wildman–Crippen MR) is 98.2 cm³/mol. The van der Waals surface area contributed by atoms with E-state index in [9.17, 15) is 9.59 Å².